The number of nitro groups is 1. The van der Waals surface area contributed by atoms with Gasteiger partial charge in [-0.3, -0.25) is 20.2 Å². The van der Waals surface area contributed by atoms with Gasteiger partial charge in [-0.25, -0.2) is 4.79 Å². The number of hydrogen-bond donors (Lipinski definition) is 1. The van der Waals surface area contributed by atoms with Crippen LogP contribution < -0.4 is 10.1 Å². The smallest absolute Gasteiger partial charge is 0.415 e. The molecule has 0 aromatic heterocycles. The number of imide groups is 1. The minimum atomic E-state index is -4.87. The van der Waals surface area contributed by atoms with Crippen LogP contribution in [0.2, 0.25) is 0 Å². The van der Waals surface area contributed by atoms with Gasteiger partial charge in [0, 0.05) is 6.07 Å². The number of alkyl carbamates (subject to hydrolysis) is 1. The number of halogens is 4. The number of benzene rings is 1. The lowest BCUT2D eigenvalue weighted by atomic mass is 9.95. The number of carbonyl (C=O) groups excluding carboxylic acids is 2. The van der Waals surface area contributed by atoms with Crippen molar-refractivity contribution < 1.29 is 37.2 Å². The second-order valence-corrected chi connectivity index (χ2v) is 6.06. The first-order chi connectivity index (χ1) is 13.0. The Bertz CT molecular complexity index is 870. The van der Waals surface area contributed by atoms with Gasteiger partial charge >= 0.3 is 12.3 Å². The normalized spacial score (nSPS) is 21.1. The van der Waals surface area contributed by atoms with Crippen LogP contribution in [0.25, 0.3) is 0 Å². The first-order valence-electron chi connectivity index (χ1n) is 7.45. The second-order valence-electron chi connectivity index (χ2n) is 5.43. The Morgan fingerprint density at radius 1 is 1.32 bits per heavy atom. The molecule has 0 radical (unpaired) electrons. The standard InChI is InChI=1S/C16H12ClF3N2O6/c1-27-14(24)21-13(23)10-8-9(5-6-11(10)22(25)26)28-12-4-2-3-7-15(12,17)16(18,19)20/h2-8,12H,1H3,(H,21,23,24). The Balaban J connectivity index is 2.39. The lowest BCUT2D eigenvalue weighted by Gasteiger charge is -2.34. The van der Waals surface area contributed by atoms with Gasteiger partial charge in [-0.15, -0.1) is 11.6 Å². The Morgan fingerprint density at radius 2 is 2.00 bits per heavy atom. The number of nitro benzene ring substituents is 1. The quantitative estimate of drug-likeness (QED) is 0.453. The van der Waals surface area contributed by atoms with Crippen LogP contribution in [-0.4, -0.2) is 41.2 Å². The number of carbonyl (C=O) groups is 2. The molecule has 1 aliphatic rings. The summed E-state index contributed by atoms with van der Waals surface area (Å²) in [5, 5.41) is 12.8. The molecule has 1 N–H and O–H groups in total. The number of amides is 2. The summed E-state index contributed by atoms with van der Waals surface area (Å²) >= 11 is 5.70. The van der Waals surface area contributed by atoms with Crippen molar-refractivity contribution in [1.82, 2.24) is 5.32 Å². The van der Waals surface area contributed by atoms with Gasteiger partial charge in [-0.2, -0.15) is 13.2 Å². The SMILES string of the molecule is COC(=O)NC(=O)c1cc(OC2C=CC=CC2(Cl)C(F)(F)F)ccc1[N+](=O)[O-]. The molecule has 0 spiro atoms. The summed E-state index contributed by atoms with van der Waals surface area (Å²) in [5.74, 6) is -1.50. The van der Waals surface area contributed by atoms with Crippen LogP contribution in [0.4, 0.5) is 23.7 Å². The van der Waals surface area contributed by atoms with E-state index in [1.807, 2.05) is 0 Å². The molecule has 12 heteroatoms. The maximum atomic E-state index is 13.3. The van der Waals surface area contributed by atoms with Crippen LogP contribution >= 0.6 is 11.6 Å². The van der Waals surface area contributed by atoms with E-state index in [1.54, 1.807) is 5.32 Å². The van der Waals surface area contributed by atoms with Gasteiger partial charge in [0.15, 0.2) is 4.87 Å². The maximum absolute atomic E-state index is 13.3. The van der Waals surface area contributed by atoms with Crippen molar-refractivity contribution in [3.63, 3.8) is 0 Å². The summed E-state index contributed by atoms with van der Waals surface area (Å²) in [7, 11) is 0.969. The van der Waals surface area contributed by atoms with E-state index in [2.05, 4.69) is 4.74 Å². The zero-order chi connectivity index (χ0) is 21.1. The topological polar surface area (TPSA) is 108 Å². The van der Waals surface area contributed by atoms with E-state index >= 15 is 0 Å². The largest absolute Gasteiger partial charge is 0.484 e. The van der Waals surface area contributed by atoms with Crippen molar-refractivity contribution in [1.29, 1.82) is 0 Å². The van der Waals surface area contributed by atoms with Crippen molar-refractivity contribution >= 4 is 29.3 Å². The average Bonchev–Trinajstić information content (AvgIpc) is 2.62. The maximum Gasteiger partial charge on any atom is 0.415 e. The molecule has 8 nitrogen and oxygen atoms in total. The molecule has 2 unspecified atom stereocenters. The Labute approximate surface area is 160 Å². The third kappa shape index (κ3) is 4.25. The third-order valence-electron chi connectivity index (χ3n) is 3.66. The molecule has 2 atom stereocenters. The molecule has 150 valence electrons. The lowest BCUT2D eigenvalue weighted by Crippen LogP contribution is -2.50. The van der Waals surface area contributed by atoms with Gasteiger partial charge in [-0.1, -0.05) is 18.2 Å². The summed E-state index contributed by atoms with van der Waals surface area (Å²) in [5.41, 5.74) is -1.31. The van der Waals surface area contributed by atoms with Gasteiger partial charge in [0.25, 0.3) is 11.6 Å². The zero-order valence-corrected chi connectivity index (χ0v) is 14.8. The van der Waals surface area contributed by atoms with E-state index in [9.17, 15) is 32.9 Å². The molecule has 0 aliphatic heterocycles. The predicted molar refractivity (Wildman–Crippen MR) is 90.3 cm³/mol. The van der Waals surface area contributed by atoms with Gasteiger partial charge < -0.3 is 9.47 Å². The summed E-state index contributed by atoms with van der Waals surface area (Å²) in [6.07, 6.45) is -3.61. The number of hydrogen-bond acceptors (Lipinski definition) is 6. The number of methoxy groups -OCH3 is 1. The van der Waals surface area contributed by atoms with Crippen LogP contribution in [0.15, 0.2) is 42.5 Å². The van der Waals surface area contributed by atoms with Crippen molar-refractivity contribution in [2.24, 2.45) is 0 Å². The molecule has 28 heavy (non-hydrogen) atoms. The highest BCUT2D eigenvalue weighted by atomic mass is 35.5. The molecular formula is C16H12ClF3N2O6. The first kappa shape index (κ1) is 21.2. The fourth-order valence-electron chi connectivity index (χ4n) is 2.26. The third-order valence-corrected chi connectivity index (χ3v) is 4.21. The Hall–Kier alpha value is -3.08. The van der Waals surface area contributed by atoms with Gasteiger partial charge in [0.2, 0.25) is 0 Å². The number of nitrogens with zero attached hydrogens (tertiary/aromatic N) is 1. The first-order valence-corrected chi connectivity index (χ1v) is 7.83. The monoisotopic (exact) mass is 420 g/mol. The van der Waals surface area contributed by atoms with Crippen LogP contribution in [0.3, 0.4) is 0 Å². The highest BCUT2D eigenvalue weighted by Gasteiger charge is 2.58. The van der Waals surface area contributed by atoms with E-state index in [1.165, 1.54) is 6.08 Å². The Kier molecular flexibility index (Phi) is 5.98. The van der Waals surface area contributed by atoms with E-state index in [0.717, 1.165) is 37.5 Å². The molecule has 2 amide bonds. The van der Waals surface area contributed by atoms with Crippen LogP contribution in [0.1, 0.15) is 10.4 Å². The van der Waals surface area contributed by atoms with Crippen molar-refractivity contribution in [2.75, 3.05) is 7.11 Å². The van der Waals surface area contributed by atoms with Gasteiger partial charge in [-0.05, 0) is 18.2 Å². The van der Waals surface area contributed by atoms with E-state index < -0.39 is 45.3 Å². The second kappa shape index (κ2) is 7.89. The fraction of sp³-hybridized carbons (Fsp3) is 0.250. The van der Waals surface area contributed by atoms with Crippen molar-refractivity contribution in [3.05, 3.63) is 58.2 Å². The summed E-state index contributed by atoms with van der Waals surface area (Å²) in [4.78, 5) is 30.5. The van der Waals surface area contributed by atoms with E-state index in [-0.39, 0.29) is 5.75 Å². The molecule has 0 bridgehead atoms. The predicted octanol–water partition coefficient (Wildman–Crippen LogP) is 3.50. The van der Waals surface area contributed by atoms with Crippen LogP contribution in [-0.2, 0) is 4.74 Å². The summed E-state index contributed by atoms with van der Waals surface area (Å²) in [6.45, 7) is 0. The number of nitrogens with one attached hydrogen (secondary N) is 1. The molecule has 0 saturated heterocycles. The molecule has 0 fully saturated rings. The molecule has 1 aromatic rings. The van der Waals surface area contributed by atoms with Gasteiger partial charge in [0.1, 0.15) is 17.4 Å². The molecule has 2 rings (SSSR count). The fourth-order valence-corrected chi connectivity index (χ4v) is 2.45. The number of rotatable bonds is 4. The zero-order valence-electron chi connectivity index (χ0n) is 14.0. The molecule has 1 aliphatic carbocycles. The van der Waals surface area contributed by atoms with Crippen molar-refractivity contribution in [3.8, 4) is 5.75 Å². The molecular weight excluding hydrogens is 409 g/mol. The summed E-state index contributed by atoms with van der Waals surface area (Å²) in [6, 6.07) is 2.69. The minimum absolute atomic E-state index is 0.306. The molecule has 0 saturated carbocycles. The van der Waals surface area contributed by atoms with Crippen molar-refractivity contribution in [2.45, 2.75) is 17.2 Å². The van der Waals surface area contributed by atoms with E-state index in [0.29, 0.717) is 6.08 Å². The van der Waals surface area contributed by atoms with E-state index in [4.69, 9.17) is 16.3 Å². The number of alkyl halides is 4. The van der Waals surface area contributed by atoms with Crippen LogP contribution in [0.5, 0.6) is 5.75 Å². The number of ether oxygens (including phenoxy) is 2. The van der Waals surface area contributed by atoms with Gasteiger partial charge in [0.05, 0.1) is 12.0 Å². The molecule has 0 heterocycles. The minimum Gasteiger partial charge on any atom is -0.484 e. The number of allylic oxidation sites excluding steroid dienone is 2. The van der Waals surface area contributed by atoms with Crippen LogP contribution in [0, 0.1) is 10.1 Å². The lowest BCUT2D eigenvalue weighted by molar-refractivity contribution is -0.385. The highest BCUT2D eigenvalue weighted by Crippen LogP contribution is 2.43. The molecule has 1 aromatic carbocycles. The highest BCUT2D eigenvalue weighted by molar-refractivity contribution is 6.26. The Morgan fingerprint density at radius 3 is 2.57 bits per heavy atom. The summed E-state index contributed by atoms with van der Waals surface area (Å²) < 4.78 is 49.5. The average molecular weight is 421 g/mol.